The minimum absolute atomic E-state index is 0.124. The molecule has 1 aliphatic rings. The third-order valence-electron chi connectivity index (χ3n) is 7.13. The molecule has 6 rings (SSSR count). The van der Waals surface area contributed by atoms with E-state index in [9.17, 15) is 14.9 Å². The van der Waals surface area contributed by atoms with E-state index in [-0.39, 0.29) is 23.0 Å². The van der Waals surface area contributed by atoms with Gasteiger partial charge in [-0.15, -0.1) is 0 Å². The average molecular weight is 520 g/mol. The summed E-state index contributed by atoms with van der Waals surface area (Å²) in [6.45, 7) is 0. The molecule has 0 N–H and O–H groups in total. The number of aromatic nitrogens is 3. The van der Waals surface area contributed by atoms with Crippen LogP contribution in [-0.2, 0) is 0 Å². The molecule has 0 saturated heterocycles. The average Bonchev–Trinajstić information content (AvgIpc) is 2.98. The van der Waals surface area contributed by atoms with Gasteiger partial charge in [-0.3, -0.25) is 14.9 Å². The second-order valence-corrected chi connectivity index (χ2v) is 9.60. The number of fused-ring (bicyclic) bond motifs is 2. The number of pyridine rings is 1. The van der Waals surface area contributed by atoms with E-state index in [0.717, 1.165) is 42.7 Å². The standard InChI is InChI=1S/C30H25N5O4/c36-30-24-12-6-7-13-26(24)33-29(21-9-2-1-3-10-21)34(30)32-19-25-23-11-5-4-8-20(23)14-16-27(25)39-28-17-15-22(18-31-28)35(37)38/h4-8,11-19,21H,1-3,9-10H2. The minimum Gasteiger partial charge on any atom is -0.438 e. The Morgan fingerprint density at radius 2 is 1.72 bits per heavy atom. The lowest BCUT2D eigenvalue weighted by molar-refractivity contribution is -0.385. The van der Waals surface area contributed by atoms with Crippen molar-refractivity contribution in [2.75, 3.05) is 0 Å². The summed E-state index contributed by atoms with van der Waals surface area (Å²) in [5, 5.41) is 18.1. The number of hydrogen-bond donors (Lipinski definition) is 0. The zero-order valence-corrected chi connectivity index (χ0v) is 21.1. The molecule has 2 aromatic heterocycles. The molecule has 0 aliphatic heterocycles. The number of benzene rings is 3. The summed E-state index contributed by atoms with van der Waals surface area (Å²) in [6, 6.07) is 21.7. The Bertz CT molecular complexity index is 1770. The Morgan fingerprint density at radius 1 is 0.949 bits per heavy atom. The van der Waals surface area contributed by atoms with Gasteiger partial charge in [-0.05, 0) is 41.8 Å². The van der Waals surface area contributed by atoms with Gasteiger partial charge in [0.1, 0.15) is 17.8 Å². The van der Waals surface area contributed by atoms with E-state index < -0.39 is 4.92 Å². The van der Waals surface area contributed by atoms with Gasteiger partial charge in [-0.2, -0.15) is 9.78 Å². The monoisotopic (exact) mass is 519 g/mol. The predicted molar refractivity (Wildman–Crippen MR) is 150 cm³/mol. The highest BCUT2D eigenvalue weighted by Crippen LogP contribution is 2.33. The van der Waals surface area contributed by atoms with Crippen LogP contribution in [-0.4, -0.2) is 25.8 Å². The molecular weight excluding hydrogens is 494 g/mol. The van der Waals surface area contributed by atoms with Crippen molar-refractivity contribution < 1.29 is 9.66 Å². The summed E-state index contributed by atoms with van der Waals surface area (Å²) < 4.78 is 7.50. The zero-order valence-electron chi connectivity index (χ0n) is 21.1. The van der Waals surface area contributed by atoms with Crippen molar-refractivity contribution in [3.05, 3.63) is 111 Å². The van der Waals surface area contributed by atoms with Crippen LogP contribution in [0.4, 0.5) is 5.69 Å². The molecule has 9 heteroatoms. The van der Waals surface area contributed by atoms with Gasteiger partial charge in [-0.1, -0.05) is 61.7 Å². The van der Waals surface area contributed by atoms with E-state index in [2.05, 4.69) is 4.98 Å². The summed E-state index contributed by atoms with van der Waals surface area (Å²) in [4.78, 5) is 33.1. The molecule has 1 fully saturated rings. The van der Waals surface area contributed by atoms with Crippen molar-refractivity contribution in [2.45, 2.75) is 38.0 Å². The molecule has 39 heavy (non-hydrogen) atoms. The van der Waals surface area contributed by atoms with Crippen LogP contribution < -0.4 is 10.3 Å². The molecule has 3 aromatic carbocycles. The highest BCUT2D eigenvalue weighted by molar-refractivity contribution is 6.02. The Labute approximate surface area is 223 Å². The maximum absolute atomic E-state index is 13.7. The van der Waals surface area contributed by atoms with Gasteiger partial charge in [0, 0.05) is 23.6 Å². The molecule has 0 amide bonds. The fourth-order valence-corrected chi connectivity index (χ4v) is 5.14. The third-order valence-corrected chi connectivity index (χ3v) is 7.13. The molecule has 0 atom stereocenters. The summed E-state index contributed by atoms with van der Waals surface area (Å²) in [6.07, 6.45) is 8.10. The molecule has 2 heterocycles. The molecule has 0 spiro atoms. The van der Waals surface area contributed by atoms with Crippen LogP contribution in [0.5, 0.6) is 11.6 Å². The summed E-state index contributed by atoms with van der Waals surface area (Å²) >= 11 is 0. The highest BCUT2D eigenvalue weighted by Gasteiger charge is 2.22. The Balaban J connectivity index is 1.48. The van der Waals surface area contributed by atoms with Crippen LogP contribution in [0.25, 0.3) is 21.7 Å². The lowest BCUT2D eigenvalue weighted by Crippen LogP contribution is -2.25. The van der Waals surface area contributed by atoms with Gasteiger partial charge in [0.05, 0.1) is 22.0 Å². The topological polar surface area (TPSA) is 113 Å². The summed E-state index contributed by atoms with van der Waals surface area (Å²) in [7, 11) is 0. The Hall–Kier alpha value is -4.92. The van der Waals surface area contributed by atoms with Gasteiger partial charge in [0.15, 0.2) is 0 Å². The second-order valence-electron chi connectivity index (χ2n) is 9.60. The quantitative estimate of drug-likeness (QED) is 0.142. The third kappa shape index (κ3) is 4.86. The fourth-order valence-electron chi connectivity index (χ4n) is 5.14. The predicted octanol–water partition coefficient (Wildman–Crippen LogP) is 6.58. The summed E-state index contributed by atoms with van der Waals surface area (Å²) in [5.74, 6) is 1.49. The van der Waals surface area contributed by atoms with Crippen molar-refractivity contribution in [1.82, 2.24) is 14.6 Å². The van der Waals surface area contributed by atoms with Gasteiger partial charge >= 0.3 is 0 Å². The van der Waals surface area contributed by atoms with E-state index >= 15 is 0 Å². The van der Waals surface area contributed by atoms with Gasteiger partial charge in [0.25, 0.3) is 11.2 Å². The van der Waals surface area contributed by atoms with E-state index in [1.807, 2.05) is 48.5 Å². The largest absolute Gasteiger partial charge is 0.438 e. The number of nitrogens with zero attached hydrogens (tertiary/aromatic N) is 5. The molecule has 9 nitrogen and oxygen atoms in total. The second kappa shape index (κ2) is 10.4. The van der Waals surface area contributed by atoms with Crippen molar-refractivity contribution in [3.63, 3.8) is 0 Å². The van der Waals surface area contributed by atoms with Gasteiger partial charge < -0.3 is 4.74 Å². The summed E-state index contributed by atoms with van der Waals surface area (Å²) in [5.41, 5.74) is 0.995. The van der Waals surface area contributed by atoms with Crippen LogP contribution >= 0.6 is 0 Å². The number of rotatable bonds is 6. The molecule has 5 aromatic rings. The van der Waals surface area contributed by atoms with Crippen LogP contribution in [0.3, 0.4) is 0 Å². The van der Waals surface area contributed by atoms with Crippen LogP contribution in [0.1, 0.15) is 49.4 Å². The minimum atomic E-state index is -0.510. The smallest absolute Gasteiger partial charge is 0.287 e. The molecule has 0 bridgehead atoms. The molecule has 0 radical (unpaired) electrons. The normalized spacial score (nSPS) is 14.3. The van der Waals surface area contributed by atoms with Crippen LogP contribution in [0, 0.1) is 10.1 Å². The molecule has 0 unspecified atom stereocenters. The SMILES string of the molecule is O=c1c2ccccc2nc(C2CCCCC2)n1N=Cc1c(Oc2ccc([N+](=O)[O-])cn2)ccc2ccccc12. The van der Waals surface area contributed by atoms with Gasteiger partial charge in [0.2, 0.25) is 5.88 Å². The highest BCUT2D eigenvalue weighted by atomic mass is 16.6. The van der Waals surface area contributed by atoms with Crippen LogP contribution in [0.2, 0.25) is 0 Å². The zero-order chi connectivity index (χ0) is 26.8. The number of nitro groups is 1. The Morgan fingerprint density at radius 3 is 2.49 bits per heavy atom. The molecular formula is C30H25N5O4. The van der Waals surface area contributed by atoms with E-state index in [1.165, 1.54) is 23.2 Å². The first-order valence-electron chi connectivity index (χ1n) is 12.9. The number of ether oxygens (including phenoxy) is 1. The first kappa shape index (κ1) is 24.4. The number of hydrogen-bond acceptors (Lipinski definition) is 7. The number of para-hydroxylation sites is 1. The first-order valence-corrected chi connectivity index (χ1v) is 12.9. The lowest BCUT2D eigenvalue weighted by atomic mass is 9.88. The maximum atomic E-state index is 13.7. The molecule has 194 valence electrons. The first-order chi connectivity index (χ1) is 19.1. The maximum Gasteiger partial charge on any atom is 0.287 e. The van der Waals surface area contributed by atoms with Gasteiger partial charge in [-0.25, -0.2) is 9.97 Å². The van der Waals surface area contributed by atoms with E-state index in [1.54, 1.807) is 18.3 Å². The Kier molecular flexibility index (Phi) is 6.54. The fraction of sp³-hybridized carbons (Fsp3) is 0.200. The molecule has 1 saturated carbocycles. The lowest BCUT2D eigenvalue weighted by Gasteiger charge is -2.22. The van der Waals surface area contributed by atoms with E-state index in [0.29, 0.717) is 28.0 Å². The molecule has 1 aliphatic carbocycles. The van der Waals surface area contributed by atoms with Crippen molar-refractivity contribution in [2.24, 2.45) is 5.10 Å². The van der Waals surface area contributed by atoms with Crippen molar-refractivity contribution in [3.8, 4) is 11.6 Å². The van der Waals surface area contributed by atoms with Crippen LogP contribution in [0.15, 0.2) is 88.9 Å². The van der Waals surface area contributed by atoms with Crippen molar-refractivity contribution >= 4 is 33.6 Å². The van der Waals surface area contributed by atoms with Crippen molar-refractivity contribution in [1.29, 1.82) is 0 Å². The van der Waals surface area contributed by atoms with E-state index in [4.69, 9.17) is 14.8 Å².